The largest absolute Gasteiger partial charge is 1.00 e. The van der Waals surface area contributed by atoms with Crippen molar-refractivity contribution >= 4 is 11.9 Å². The molecular weight excluding hydrogens is 1110 g/mol. The van der Waals surface area contributed by atoms with Gasteiger partial charge in [-0.1, -0.05) is 89.1 Å². The summed E-state index contributed by atoms with van der Waals surface area (Å²) in [5, 5.41) is 44.1. The number of carbonyl (C=O) groups excluding carboxylic acids is 2. The number of carbonyl (C=O) groups is 2. The third kappa shape index (κ3) is 17.9. The number of carboxylic acids is 2. The zero-order valence-electron chi connectivity index (χ0n) is 47.8. The summed E-state index contributed by atoms with van der Waals surface area (Å²) >= 11 is 0. The summed E-state index contributed by atoms with van der Waals surface area (Å²) in [5.41, 5.74) is 4.64. The summed E-state index contributed by atoms with van der Waals surface area (Å²) in [6, 6.07) is 36.7. The van der Waals surface area contributed by atoms with E-state index in [0.717, 1.165) is 47.2 Å². The molecule has 0 heterocycles. The number of rotatable bonds is 26. The molecule has 0 bridgehead atoms. The van der Waals surface area contributed by atoms with Crippen LogP contribution in [-0.4, -0.2) is 48.6 Å². The fourth-order valence-corrected chi connectivity index (χ4v) is 8.97. The number of aromatic carboxylic acids is 2. The van der Waals surface area contributed by atoms with Crippen LogP contribution in [0.15, 0.2) is 146 Å². The number of phenolic OH excluding ortho intramolecular Hbond substituents is 2. The van der Waals surface area contributed by atoms with Crippen LogP contribution >= 0.6 is 0 Å². The van der Waals surface area contributed by atoms with E-state index in [1.165, 1.54) is 48.5 Å². The van der Waals surface area contributed by atoms with Crippen LogP contribution in [0, 0.1) is 23.3 Å². The molecule has 0 spiro atoms. The van der Waals surface area contributed by atoms with E-state index >= 15 is 0 Å². The van der Waals surface area contributed by atoms with Crippen molar-refractivity contribution in [1.82, 2.24) is 0 Å². The quantitative estimate of drug-likeness (QED) is 0.0307. The zero-order valence-corrected chi connectivity index (χ0v) is 51.8. The summed E-state index contributed by atoms with van der Waals surface area (Å²) in [6.45, 7) is 9.27. The monoisotopic (exact) mass is 1170 g/mol. The Balaban J connectivity index is 0.000000300. The summed E-state index contributed by atoms with van der Waals surface area (Å²) in [7, 11) is 0. The average Bonchev–Trinajstić information content (AvgIpc) is 3.35. The summed E-state index contributed by atoms with van der Waals surface area (Å²) < 4.78 is 90.5. The molecule has 8 aromatic carbocycles. The van der Waals surface area contributed by atoms with Crippen LogP contribution in [-0.2, 0) is 25.7 Å². The molecule has 0 saturated carbocycles. The maximum Gasteiger partial charge on any atom is 1.00 e. The molecule has 0 amide bonds. The molecule has 0 aliphatic rings. The Morgan fingerprint density at radius 2 is 0.750 bits per heavy atom. The third-order valence-electron chi connectivity index (χ3n) is 13.0. The molecule has 12 nitrogen and oxygen atoms in total. The number of carboxylic acid groups (broad SMARTS) is 2. The Morgan fingerprint density at radius 3 is 1.08 bits per heavy atom. The molecule has 84 heavy (non-hydrogen) atoms. The smallest absolute Gasteiger partial charge is 0.545 e. The molecule has 0 saturated heterocycles. The van der Waals surface area contributed by atoms with Crippen LogP contribution in [0.2, 0.25) is 0 Å². The van der Waals surface area contributed by atoms with Gasteiger partial charge in [0.2, 0.25) is 0 Å². The molecule has 0 atom stereocenters. The topological polar surface area (TPSA) is 176 Å². The first kappa shape index (κ1) is 67.6. The second-order valence-corrected chi connectivity index (χ2v) is 18.7. The molecule has 0 aromatic heterocycles. The van der Waals surface area contributed by atoms with Crippen LogP contribution in [0.1, 0.15) is 96.3 Å². The van der Waals surface area contributed by atoms with E-state index in [-0.39, 0.29) is 93.7 Å². The fraction of sp³-hybridized carbons (Fsp3) is 0.242. The zero-order chi connectivity index (χ0) is 58.7. The SMILES string of the molecule is CCCc1c(OCCCOc2cc(O)c(-c3ccc(F)cc3)cc2CC)cccc1Oc1cccc(F)c1C(=O)[O-].CCCc1c(OCCCOc2cc(O)c(-c3ccc(F)cc3)cc2CC)cccc1Oc1cccc(F)c1C(=O)[O-].[Na+].[Na+]. The van der Waals surface area contributed by atoms with Crippen LogP contribution in [0.3, 0.4) is 0 Å². The third-order valence-corrected chi connectivity index (χ3v) is 13.0. The van der Waals surface area contributed by atoms with E-state index < -0.39 is 34.7 Å². The Morgan fingerprint density at radius 1 is 0.429 bits per heavy atom. The van der Waals surface area contributed by atoms with Gasteiger partial charge >= 0.3 is 59.1 Å². The maximum absolute atomic E-state index is 14.1. The van der Waals surface area contributed by atoms with E-state index in [0.29, 0.717) is 122 Å². The molecule has 0 aliphatic heterocycles. The van der Waals surface area contributed by atoms with Gasteiger partial charge in [0.1, 0.15) is 80.8 Å². The molecule has 8 rings (SSSR count). The molecule has 0 aliphatic carbocycles. The first-order chi connectivity index (χ1) is 39.6. The number of phenols is 2. The van der Waals surface area contributed by atoms with Gasteiger partial charge in [-0.05, 0) is 133 Å². The number of hydrogen-bond acceptors (Lipinski definition) is 12. The standard InChI is InChI=1S/2C33H32F2O6.2Na/c2*1-3-8-24-28(10-6-11-29(24)41-30-12-5-9-26(35)32(30)33(37)38)39-17-7-18-40-31-20-27(36)25(19-21(31)4-2)22-13-15-23(34)16-14-22;;/h2*5-6,9-16,19-20,36H,3-4,7-8,17-18H2,1-2H3,(H,37,38);;/q;;2*+1/p-2. The van der Waals surface area contributed by atoms with E-state index in [9.17, 15) is 47.6 Å². The molecular formula is C66H62F4Na2O12. The number of halogens is 4. The second kappa shape index (κ2) is 33.3. The molecule has 0 unspecified atom stereocenters. The fourth-order valence-electron chi connectivity index (χ4n) is 8.97. The van der Waals surface area contributed by atoms with Gasteiger partial charge in [0, 0.05) is 47.2 Å². The first-order valence-electron chi connectivity index (χ1n) is 27.0. The minimum atomic E-state index is -1.66. The van der Waals surface area contributed by atoms with Gasteiger partial charge < -0.3 is 58.4 Å². The van der Waals surface area contributed by atoms with Crippen LogP contribution in [0.4, 0.5) is 17.6 Å². The number of ether oxygens (including phenoxy) is 6. The van der Waals surface area contributed by atoms with Gasteiger partial charge in [0.15, 0.2) is 0 Å². The molecule has 2 N–H and O–H groups in total. The summed E-state index contributed by atoms with van der Waals surface area (Å²) in [6.07, 6.45) is 5.17. The molecule has 18 heteroatoms. The molecule has 0 fully saturated rings. The first-order valence-corrected chi connectivity index (χ1v) is 27.0. The van der Waals surface area contributed by atoms with Crippen molar-refractivity contribution in [1.29, 1.82) is 0 Å². The van der Waals surface area contributed by atoms with E-state index in [4.69, 9.17) is 28.4 Å². The van der Waals surface area contributed by atoms with Gasteiger partial charge in [0.25, 0.3) is 0 Å². The van der Waals surface area contributed by atoms with E-state index in [1.54, 1.807) is 72.8 Å². The number of hydrogen-bond donors (Lipinski definition) is 2. The minimum absolute atomic E-state index is 0. The van der Waals surface area contributed by atoms with Crippen molar-refractivity contribution in [3.05, 3.63) is 202 Å². The second-order valence-electron chi connectivity index (χ2n) is 18.7. The van der Waals surface area contributed by atoms with Crippen molar-refractivity contribution in [2.45, 2.75) is 79.1 Å². The van der Waals surface area contributed by atoms with Gasteiger partial charge in [-0.15, -0.1) is 0 Å². The van der Waals surface area contributed by atoms with Crippen LogP contribution < -0.4 is 97.7 Å². The minimum Gasteiger partial charge on any atom is -0.545 e. The number of aromatic hydroxyl groups is 2. The molecule has 0 radical (unpaired) electrons. The molecule has 428 valence electrons. The average molecular weight is 1170 g/mol. The van der Waals surface area contributed by atoms with Crippen LogP contribution in [0.25, 0.3) is 22.3 Å². The van der Waals surface area contributed by atoms with E-state index in [2.05, 4.69) is 0 Å². The summed E-state index contributed by atoms with van der Waals surface area (Å²) in [5.74, 6) is -3.05. The Bertz CT molecular complexity index is 3240. The Labute approximate surface area is 530 Å². The predicted molar refractivity (Wildman–Crippen MR) is 299 cm³/mol. The van der Waals surface area contributed by atoms with Crippen molar-refractivity contribution in [2.24, 2.45) is 0 Å². The van der Waals surface area contributed by atoms with Crippen molar-refractivity contribution in [3.63, 3.8) is 0 Å². The predicted octanol–water partition coefficient (Wildman–Crippen LogP) is 7.72. The van der Waals surface area contributed by atoms with Gasteiger partial charge in [-0.3, -0.25) is 0 Å². The van der Waals surface area contributed by atoms with Crippen LogP contribution in [0.5, 0.6) is 57.5 Å². The summed E-state index contributed by atoms with van der Waals surface area (Å²) in [4.78, 5) is 22.9. The van der Waals surface area contributed by atoms with Gasteiger partial charge in [0.05, 0.1) is 49.5 Å². The number of aryl methyl sites for hydroxylation is 2. The van der Waals surface area contributed by atoms with E-state index in [1.807, 2.05) is 39.8 Å². The van der Waals surface area contributed by atoms with Gasteiger partial charge in [-0.2, -0.15) is 0 Å². The van der Waals surface area contributed by atoms with Crippen molar-refractivity contribution in [2.75, 3.05) is 26.4 Å². The normalized spacial score (nSPS) is 10.6. The van der Waals surface area contributed by atoms with Gasteiger partial charge in [-0.25, -0.2) is 17.6 Å². The number of benzene rings is 8. The maximum atomic E-state index is 14.1. The Kier molecular flexibility index (Phi) is 26.8. The molecule has 8 aromatic rings. The Hall–Kier alpha value is -7.18. The van der Waals surface area contributed by atoms with Crippen molar-refractivity contribution < 1.29 is 135 Å². The van der Waals surface area contributed by atoms with Crippen molar-refractivity contribution in [3.8, 4) is 79.7 Å².